The zero-order valence-corrected chi connectivity index (χ0v) is 37.9. The lowest BCUT2D eigenvalue weighted by Gasteiger charge is -2.30. The Kier molecular flexibility index (Phi) is 7.17. The van der Waals surface area contributed by atoms with Crippen molar-refractivity contribution in [2.24, 2.45) is 0 Å². The van der Waals surface area contributed by atoms with Gasteiger partial charge in [0.25, 0.3) is 0 Å². The molecule has 0 amide bonds. The Morgan fingerprint density at radius 1 is 0.597 bits per heavy atom. The van der Waals surface area contributed by atoms with Crippen molar-refractivity contribution in [1.82, 2.24) is 9.55 Å². The maximum Gasteiger partial charge on any atom is 0.145 e. The second kappa shape index (κ2) is 15.5. The monoisotopic (exact) mass is 880 g/mol. The first-order valence-corrected chi connectivity index (χ1v) is 22.3. The van der Waals surface area contributed by atoms with Crippen molar-refractivity contribution in [2.75, 3.05) is 16.5 Å². The van der Waals surface area contributed by atoms with Gasteiger partial charge >= 0.3 is 0 Å². The molecule has 0 bridgehead atoms. The van der Waals surface area contributed by atoms with Crippen LogP contribution >= 0.6 is 0 Å². The predicted molar refractivity (Wildman–Crippen MR) is 278 cm³/mol. The Hall–Kier alpha value is -8.09. The van der Waals surface area contributed by atoms with Crippen LogP contribution < -0.4 is 14.5 Å². The van der Waals surface area contributed by atoms with Gasteiger partial charge < -0.3 is 19.0 Å². The molecule has 0 saturated carbocycles. The van der Waals surface area contributed by atoms with E-state index in [4.69, 9.17) is 22.4 Å². The molecule has 6 heteroatoms. The molecule has 1 aliphatic heterocycles. The molecule has 4 heterocycles. The van der Waals surface area contributed by atoms with E-state index in [-0.39, 0.29) is 34.3 Å². The van der Waals surface area contributed by atoms with Crippen LogP contribution in [0.15, 0.2) is 186 Å². The fourth-order valence-corrected chi connectivity index (χ4v) is 9.83. The van der Waals surface area contributed by atoms with Crippen molar-refractivity contribution in [3.63, 3.8) is 0 Å². The molecule has 0 spiro atoms. The van der Waals surface area contributed by atoms with Crippen molar-refractivity contribution in [1.29, 1.82) is 0 Å². The molecular formula is C61H50N4O2. The van der Waals surface area contributed by atoms with E-state index in [1.807, 2.05) is 111 Å². The fourth-order valence-electron chi connectivity index (χ4n) is 9.83. The molecular weight excluding hydrogens is 821 g/mol. The van der Waals surface area contributed by atoms with Gasteiger partial charge in [0, 0.05) is 51.3 Å². The molecule has 3 aromatic heterocycles. The van der Waals surface area contributed by atoms with Gasteiger partial charge in [-0.25, -0.2) is 4.98 Å². The molecule has 0 radical (unpaired) electrons. The highest BCUT2D eigenvalue weighted by Gasteiger charge is 2.33. The first-order valence-electron chi connectivity index (χ1n) is 27.3. The predicted octanol–water partition coefficient (Wildman–Crippen LogP) is 16.7. The van der Waals surface area contributed by atoms with Crippen LogP contribution in [0.2, 0.25) is 0 Å². The van der Waals surface area contributed by atoms with Gasteiger partial charge in [-0.1, -0.05) is 118 Å². The van der Waals surface area contributed by atoms with Gasteiger partial charge in [-0.05, 0) is 126 Å². The number of ether oxygens (including phenoxy) is 1. The Morgan fingerprint density at radius 2 is 1.25 bits per heavy atom. The maximum absolute atomic E-state index is 9.28. The number of rotatable bonds is 7. The molecule has 8 aromatic carbocycles. The molecule has 0 saturated heterocycles. The largest absolute Gasteiger partial charge is 0.457 e. The smallest absolute Gasteiger partial charge is 0.145 e. The highest BCUT2D eigenvalue weighted by molar-refractivity contribution is 6.24. The zero-order valence-electron chi connectivity index (χ0n) is 47.9. The molecule has 0 N–H and O–H groups in total. The average molecular weight is 881 g/mol. The standard InChI is InChI=1S/C61H50N4O2/c1-38-39(2)56(41-18-9-7-10-19-41)59(57(40(38)3)42-20-11-8-12-21-42)64-37-63(50-25-14-15-26-51(50)64)44-22-17-23-45(35-44)66-46-28-29-49-53(36-46)65(55-34-43(32-33-62-55)61(4,5)6)52-31-30-48-47-24-13-16-27-54(47)67-60(48)58(49)52/h7-36H,37H2,1-6H3/i7D,8D,9D,10D,11D,12D,18D,19D,20D,21D. The van der Waals surface area contributed by atoms with Crippen LogP contribution in [0.5, 0.6) is 11.5 Å². The Bertz CT molecular complexity index is 4190. The number of anilines is 4. The van der Waals surface area contributed by atoms with Gasteiger partial charge in [0.15, 0.2) is 0 Å². The molecule has 0 aliphatic carbocycles. The van der Waals surface area contributed by atoms with Gasteiger partial charge in [0.1, 0.15) is 35.2 Å². The second-order valence-corrected chi connectivity index (χ2v) is 18.2. The first kappa shape index (κ1) is 30.9. The van der Waals surface area contributed by atoms with E-state index in [2.05, 4.69) is 66.6 Å². The summed E-state index contributed by atoms with van der Waals surface area (Å²) in [5, 5.41) is 3.99. The molecule has 326 valence electrons. The number of hydrogen-bond acceptors (Lipinski definition) is 5. The molecule has 0 fully saturated rings. The minimum atomic E-state index is -0.549. The summed E-state index contributed by atoms with van der Waals surface area (Å²) in [5.74, 6) is 1.87. The lowest BCUT2D eigenvalue weighted by Crippen LogP contribution is -2.25. The number of nitrogens with zero attached hydrogens (tertiary/aromatic N) is 4. The summed E-state index contributed by atoms with van der Waals surface area (Å²) in [7, 11) is 0. The number of para-hydroxylation sites is 3. The van der Waals surface area contributed by atoms with E-state index in [1.165, 1.54) is 0 Å². The van der Waals surface area contributed by atoms with Crippen molar-refractivity contribution in [3.05, 3.63) is 204 Å². The minimum Gasteiger partial charge on any atom is -0.457 e. The molecule has 6 nitrogen and oxygen atoms in total. The van der Waals surface area contributed by atoms with E-state index in [9.17, 15) is 5.48 Å². The highest BCUT2D eigenvalue weighted by Crippen LogP contribution is 2.53. The SMILES string of the molecule is [2H]c1c([2H])c([2H])c(-c2c(C)c(C)c(C)c(-c3c([2H])c([2H])c([2H])c([2H])c3[2H])c2N2CN(c3cccc(Oc4ccc5c6c7oc8ccccc8c7ccc6n(-c6cc(C(C)(C)C)ccn6)c5c4)c3)c3ccccc32)c([2H])c1[2H]. The molecule has 11 aromatic rings. The lowest BCUT2D eigenvalue weighted by atomic mass is 9.85. The van der Waals surface area contributed by atoms with Crippen molar-refractivity contribution in [2.45, 2.75) is 47.0 Å². The Labute approximate surface area is 405 Å². The molecule has 12 rings (SSSR count). The normalized spacial score (nSPS) is 14.9. The van der Waals surface area contributed by atoms with Crippen molar-refractivity contribution in [3.8, 4) is 39.6 Å². The van der Waals surface area contributed by atoms with Crippen LogP contribution in [-0.4, -0.2) is 16.2 Å². The quantitative estimate of drug-likeness (QED) is 0.160. The van der Waals surface area contributed by atoms with Gasteiger partial charge in [-0.2, -0.15) is 0 Å². The highest BCUT2D eigenvalue weighted by atomic mass is 16.5. The average Bonchev–Trinajstić information content (AvgIpc) is 4.35. The summed E-state index contributed by atoms with van der Waals surface area (Å²) in [6.45, 7) is 12.1. The third-order valence-electron chi connectivity index (χ3n) is 13.3. The van der Waals surface area contributed by atoms with E-state index in [1.54, 1.807) is 0 Å². The topological polar surface area (TPSA) is 46.7 Å². The van der Waals surface area contributed by atoms with Crippen LogP contribution in [0, 0.1) is 20.8 Å². The summed E-state index contributed by atoms with van der Waals surface area (Å²) < 4.78 is 105. The molecule has 1 aliphatic rings. The summed E-state index contributed by atoms with van der Waals surface area (Å²) >= 11 is 0. The second-order valence-electron chi connectivity index (χ2n) is 18.2. The van der Waals surface area contributed by atoms with Crippen LogP contribution in [0.1, 0.15) is 56.7 Å². The summed E-state index contributed by atoms with van der Waals surface area (Å²) in [5.41, 5.74) is 9.22. The van der Waals surface area contributed by atoms with Crippen LogP contribution in [0.25, 0.3) is 71.8 Å². The van der Waals surface area contributed by atoms with Crippen molar-refractivity contribution < 1.29 is 22.9 Å². The van der Waals surface area contributed by atoms with Crippen molar-refractivity contribution >= 4 is 66.5 Å². The maximum atomic E-state index is 9.28. The third kappa shape index (κ3) is 6.58. The van der Waals surface area contributed by atoms with Crippen LogP contribution in [-0.2, 0) is 5.41 Å². The van der Waals surface area contributed by atoms with Crippen LogP contribution in [0.3, 0.4) is 0 Å². The summed E-state index contributed by atoms with van der Waals surface area (Å²) in [6.07, 6.45) is 1.85. The van der Waals surface area contributed by atoms with E-state index < -0.39 is 60.4 Å². The molecule has 67 heavy (non-hydrogen) atoms. The number of aromatic nitrogens is 2. The van der Waals surface area contributed by atoms with Gasteiger partial charge in [-0.15, -0.1) is 0 Å². The van der Waals surface area contributed by atoms with E-state index in [0.29, 0.717) is 39.6 Å². The fraction of sp³-hybridized carbons (Fsp3) is 0.131. The number of furan rings is 1. The van der Waals surface area contributed by atoms with Gasteiger partial charge in [-0.3, -0.25) is 4.57 Å². The summed E-state index contributed by atoms with van der Waals surface area (Å²) in [6, 6.07) is 33.0. The summed E-state index contributed by atoms with van der Waals surface area (Å²) in [4.78, 5) is 8.94. The zero-order chi connectivity index (χ0) is 54.3. The number of benzene rings is 8. The first-order chi connectivity index (χ1) is 36.8. The van der Waals surface area contributed by atoms with E-state index >= 15 is 0 Å². The van der Waals surface area contributed by atoms with Crippen LogP contribution in [0.4, 0.5) is 22.7 Å². The lowest BCUT2D eigenvalue weighted by molar-refractivity contribution is 0.483. The minimum absolute atomic E-state index is 0.0674. The van der Waals surface area contributed by atoms with Gasteiger partial charge in [0.05, 0.1) is 47.2 Å². The third-order valence-corrected chi connectivity index (χ3v) is 13.3. The molecule has 0 unspecified atom stereocenters. The number of hydrogen-bond donors (Lipinski definition) is 0. The molecule has 0 atom stereocenters. The van der Waals surface area contributed by atoms with E-state index in [0.717, 1.165) is 66.5 Å². The Morgan fingerprint density at radius 3 is 1.97 bits per heavy atom. The van der Waals surface area contributed by atoms with Gasteiger partial charge in [0.2, 0.25) is 0 Å². The number of fused-ring (bicyclic) bond motifs is 8. The number of pyridine rings is 1. The Balaban J connectivity index is 1.01.